The third kappa shape index (κ3) is 4.46. The van der Waals surface area contributed by atoms with E-state index in [4.69, 9.17) is 4.98 Å². The minimum Gasteiger partial charge on any atom is -0.507 e. The van der Waals surface area contributed by atoms with E-state index in [9.17, 15) is 5.11 Å². The summed E-state index contributed by atoms with van der Waals surface area (Å²) >= 11 is 1.63. The number of thioether (sulfide) groups is 1. The number of aromatic nitrogens is 2. The first-order valence-corrected chi connectivity index (χ1v) is 10.6. The van der Waals surface area contributed by atoms with Crippen molar-refractivity contribution in [2.45, 2.75) is 77.8 Å². The van der Waals surface area contributed by atoms with E-state index in [0.29, 0.717) is 11.7 Å². The summed E-state index contributed by atoms with van der Waals surface area (Å²) in [5.41, 5.74) is 4.94. The molecule has 26 heavy (non-hydrogen) atoms. The molecule has 0 bridgehead atoms. The van der Waals surface area contributed by atoms with E-state index in [0.717, 1.165) is 34.0 Å². The smallest absolute Gasteiger partial charge is 0.165 e. The minimum atomic E-state index is -0.142. The van der Waals surface area contributed by atoms with Crippen molar-refractivity contribution >= 4 is 11.8 Å². The Morgan fingerprint density at radius 2 is 1.54 bits per heavy atom. The number of rotatable bonds is 4. The van der Waals surface area contributed by atoms with Gasteiger partial charge in [0.05, 0.1) is 5.69 Å². The van der Waals surface area contributed by atoms with Gasteiger partial charge in [-0.2, -0.15) is 0 Å². The highest BCUT2D eigenvalue weighted by Crippen LogP contribution is 2.42. The molecule has 1 heterocycles. The van der Waals surface area contributed by atoms with Crippen molar-refractivity contribution in [2.75, 3.05) is 6.26 Å². The van der Waals surface area contributed by atoms with Crippen LogP contribution < -0.4 is 0 Å². The number of aromatic amines is 1. The molecule has 0 saturated heterocycles. The number of phenols is 1. The number of H-pyrrole nitrogens is 1. The van der Waals surface area contributed by atoms with E-state index in [1.54, 1.807) is 11.8 Å². The second kappa shape index (κ2) is 7.30. The second-order valence-corrected chi connectivity index (χ2v) is 10.4. The maximum absolute atomic E-state index is 11.0. The SMILES string of the molecule is CSc1nc(-c2cc(C(C)(C)C)c(O)c(C(C)(C)C)c2)c(CC(C)C)[nH]1. The van der Waals surface area contributed by atoms with Gasteiger partial charge in [0.2, 0.25) is 0 Å². The van der Waals surface area contributed by atoms with Crippen LogP contribution in [-0.2, 0) is 17.3 Å². The zero-order valence-corrected chi connectivity index (χ0v) is 18.6. The predicted octanol–water partition coefficient (Wildman–Crippen LogP) is 6.30. The van der Waals surface area contributed by atoms with Crippen molar-refractivity contribution in [3.05, 3.63) is 29.0 Å². The lowest BCUT2D eigenvalue weighted by atomic mass is 9.78. The van der Waals surface area contributed by atoms with Gasteiger partial charge >= 0.3 is 0 Å². The lowest BCUT2D eigenvalue weighted by Crippen LogP contribution is -2.17. The van der Waals surface area contributed by atoms with Crippen LogP contribution in [0.3, 0.4) is 0 Å². The predicted molar refractivity (Wildman–Crippen MR) is 113 cm³/mol. The molecule has 2 rings (SSSR count). The van der Waals surface area contributed by atoms with Crippen molar-refractivity contribution in [1.29, 1.82) is 0 Å². The van der Waals surface area contributed by atoms with E-state index in [2.05, 4.69) is 72.5 Å². The van der Waals surface area contributed by atoms with Crippen molar-refractivity contribution in [3.8, 4) is 17.0 Å². The Bertz CT molecular complexity index is 741. The fourth-order valence-electron chi connectivity index (χ4n) is 3.19. The average molecular weight is 375 g/mol. The Balaban J connectivity index is 2.76. The topological polar surface area (TPSA) is 48.9 Å². The van der Waals surface area contributed by atoms with Crippen LogP contribution in [0.1, 0.15) is 72.2 Å². The first kappa shape index (κ1) is 20.9. The number of aromatic hydroxyl groups is 1. The summed E-state index contributed by atoms with van der Waals surface area (Å²) in [7, 11) is 0. The number of hydrogen-bond donors (Lipinski definition) is 2. The van der Waals surface area contributed by atoms with Crippen LogP contribution in [0.25, 0.3) is 11.3 Å². The average Bonchev–Trinajstić information content (AvgIpc) is 2.87. The van der Waals surface area contributed by atoms with Gasteiger partial charge in [0.25, 0.3) is 0 Å². The van der Waals surface area contributed by atoms with E-state index in [-0.39, 0.29) is 10.8 Å². The zero-order chi connectivity index (χ0) is 19.9. The number of nitrogens with one attached hydrogen (secondary N) is 1. The van der Waals surface area contributed by atoms with E-state index in [1.165, 1.54) is 5.69 Å². The number of nitrogens with zero attached hydrogens (tertiary/aromatic N) is 1. The molecule has 0 aliphatic heterocycles. The van der Waals surface area contributed by atoms with Gasteiger partial charge in [0, 0.05) is 22.4 Å². The molecule has 4 heteroatoms. The van der Waals surface area contributed by atoms with Crippen LogP contribution in [0.5, 0.6) is 5.75 Å². The molecular formula is C22H34N2OS. The van der Waals surface area contributed by atoms with Gasteiger partial charge in [-0.25, -0.2) is 4.98 Å². The molecule has 0 spiro atoms. The number of imidazole rings is 1. The maximum Gasteiger partial charge on any atom is 0.165 e. The maximum atomic E-state index is 11.0. The fourth-order valence-corrected chi connectivity index (χ4v) is 3.60. The van der Waals surface area contributed by atoms with Crippen molar-refractivity contribution in [1.82, 2.24) is 9.97 Å². The van der Waals surface area contributed by atoms with E-state index in [1.807, 2.05) is 6.26 Å². The van der Waals surface area contributed by atoms with Gasteiger partial charge in [-0.3, -0.25) is 0 Å². The number of phenolic OH excluding ortho intramolecular Hbond substituents is 1. The molecule has 0 atom stereocenters. The van der Waals surface area contributed by atoms with Crippen LogP contribution in [-0.4, -0.2) is 21.3 Å². The van der Waals surface area contributed by atoms with Crippen molar-refractivity contribution in [2.24, 2.45) is 5.92 Å². The van der Waals surface area contributed by atoms with Gasteiger partial charge in [0.1, 0.15) is 5.75 Å². The van der Waals surface area contributed by atoms with Crippen molar-refractivity contribution < 1.29 is 5.11 Å². The lowest BCUT2D eigenvalue weighted by Gasteiger charge is -2.28. The van der Waals surface area contributed by atoms with Crippen LogP contribution in [0, 0.1) is 5.92 Å². The summed E-state index contributed by atoms with van der Waals surface area (Å²) in [6, 6.07) is 4.24. The van der Waals surface area contributed by atoms with Crippen LogP contribution in [0.2, 0.25) is 0 Å². The summed E-state index contributed by atoms with van der Waals surface area (Å²) in [6.07, 6.45) is 3.00. The van der Waals surface area contributed by atoms with Gasteiger partial charge in [-0.15, -0.1) is 0 Å². The van der Waals surface area contributed by atoms with Gasteiger partial charge in [0.15, 0.2) is 5.16 Å². The summed E-state index contributed by atoms with van der Waals surface area (Å²) < 4.78 is 0. The van der Waals surface area contributed by atoms with E-state index < -0.39 is 0 Å². The largest absolute Gasteiger partial charge is 0.507 e. The summed E-state index contributed by atoms with van der Waals surface area (Å²) in [5, 5.41) is 11.9. The molecule has 2 N–H and O–H groups in total. The number of hydrogen-bond acceptors (Lipinski definition) is 3. The Kier molecular flexibility index (Phi) is 5.86. The zero-order valence-electron chi connectivity index (χ0n) is 17.7. The molecule has 144 valence electrons. The lowest BCUT2D eigenvalue weighted by molar-refractivity contribution is 0.423. The summed E-state index contributed by atoms with van der Waals surface area (Å²) in [6.45, 7) is 17.3. The molecule has 2 aromatic rings. The molecule has 0 aliphatic rings. The molecule has 0 amide bonds. The van der Waals surface area contributed by atoms with Crippen LogP contribution in [0.4, 0.5) is 0 Å². The Morgan fingerprint density at radius 3 is 1.92 bits per heavy atom. The third-order valence-corrected chi connectivity index (χ3v) is 5.14. The first-order chi connectivity index (χ1) is 11.8. The monoisotopic (exact) mass is 374 g/mol. The highest BCUT2D eigenvalue weighted by atomic mass is 32.2. The van der Waals surface area contributed by atoms with Crippen molar-refractivity contribution in [3.63, 3.8) is 0 Å². The van der Waals surface area contributed by atoms with Gasteiger partial charge in [-0.05, 0) is 41.6 Å². The quantitative estimate of drug-likeness (QED) is 0.618. The van der Waals surface area contributed by atoms with Crippen LogP contribution >= 0.6 is 11.8 Å². The molecule has 0 saturated carbocycles. The first-order valence-electron chi connectivity index (χ1n) is 9.35. The molecule has 0 radical (unpaired) electrons. The highest BCUT2D eigenvalue weighted by Gasteiger charge is 2.28. The summed E-state index contributed by atoms with van der Waals surface area (Å²) in [5.74, 6) is 0.963. The highest BCUT2D eigenvalue weighted by molar-refractivity contribution is 7.98. The minimum absolute atomic E-state index is 0.142. The normalized spacial score (nSPS) is 12.8. The molecule has 0 fully saturated rings. The molecule has 3 nitrogen and oxygen atoms in total. The third-order valence-electron chi connectivity index (χ3n) is 4.56. The Morgan fingerprint density at radius 1 is 1.04 bits per heavy atom. The number of benzene rings is 1. The molecule has 0 unspecified atom stereocenters. The van der Waals surface area contributed by atoms with Gasteiger partial charge in [-0.1, -0.05) is 67.2 Å². The fraction of sp³-hybridized carbons (Fsp3) is 0.591. The Hall–Kier alpha value is -1.42. The van der Waals surface area contributed by atoms with Gasteiger partial charge < -0.3 is 10.1 Å². The molecule has 1 aromatic heterocycles. The van der Waals surface area contributed by atoms with E-state index >= 15 is 0 Å². The molecule has 1 aromatic carbocycles. The molecule has 0 aliphatic carbocycles. The van der Waals surface area contributed by atoms with Crippen LogP contribution in [0.15, 0.2) is 17.3 Å². The summed E-state index contributed by atoms with van der Waals surface area (Å²) in [4.78, 5) is 8.34. The molecular weight excluding hydrogens is 340 g/mol. The standard InChI is InChI=1S/C22H34N2OS/c1-13(2)10-17-18(24-20(23-17)26-9)14-11-15(21(3,4)5)19(25)16(12-14)22(6,7)8/h11-13,25H,10H2,1-9H3,(H,23,24). The second-order valence-electron chi connectivity index (χ2n) is 9.59. The Labute approximate surface area is 163 Å².